The van der Waals surface area contributed by atoms with Crippen molar-refractivity contribution in [3.05, 3.63) is 38.9 Å². The zero-order valence-electron chi connectivity index (χ0n) is 10.6. The average molecular weight is 301 g/mol. The van der Waals surface area contributed by atoms with E-state index in [0.717, 1.165) is 6.07 Å². The van der Waals surface area contributed by atoms with Crippen molar-refractivity contribution < 1.29 is 19.6 Å². The van der Waals surface area contributed by atoms with E-state index in [4.69, 9.17) is 16.7 Å². The number of hydrogen-bond acceptors (Lipinski definition) is 4. The first-order chi connectivity index (χ1) is 9.32. The van der Waals surface area contributed by atoms with Crippen LogP contribution in [0.3, 0.4) is 0 Å². The standard InChI is InChI=1S/C12H13ClN2O5/c1-7(12(17)18)4-5-14-11(16)9-6-8(13)2-3-10(9)15(19)20/h2-3,6-7H,4-5H2,1H3,(H,14,16)(H,17,18). The molecule has 108 valence electrons. The lowest BCUT2D eigenvalue weighted by atomic mass is 10.1. The molecule has 0 aliphatic heterocycles. The van der Waals surface area contributed by atoms with Gasteiger partial charge >= 0.3 is 5.97 Å². The Morgan fingerprint density at radius 1 is 1.50 bits per heavy atom. The fourth-order valence-corrected chi connectivity index (χ4v) is 1.64. The van der Waals surface area contributed by atoms with E-state index in [1.165, 1.54) is 19.1 Å². The molecule has 1 amide bonds. The number of nitrogens with one attached hydrogen (secondary N) is 1. The molecule has 0 aliphatic rings. The Kier molecular flexibility index (Phi) is 5.45. The number of amides is 1. The maximum atomic E-state index is 11.9. The van der Waals surface area contributed by atoms with Crippen molar-refractivity contribution >= 4 is 29.2 Å². The molecule has 0 aliphatic carbocycles. The summed E-state index contributed by atoms with van der Waals surface area (Å²) >= 11 is 5.71. The summed E-state index contributed by atoms with van der Waals surface area (Å²) in [5.41, 5.74) is -0.497. The molecule has 0 radical (unpaired) electrons. The van der Waals surface area contributed by atoms with Gasteiger partial charge in [-0.1, -0.05) is 18.5 Å². The number of carboxylic acid groups (broad SMARTS) is 1. The molecular formula is C12H13ClN2O5. The second kappa shape index (κ2) is 6.85. The zero-order valence-corrected chi connectivity index (χ0v) is 11.4. The number of nitrogens with zero attached hydrogens (tertiary/aromatic N) is 1. The molecule has 0 bridgehead atoms. The van der Waals surface area contributed by atoms with Gasteiger partial charge < -0.3 is 10.4 Å². The molecule has 0 saturated heterocycles. The Balaban J connectivity index is 2.75. The number of benzene rings is 1. The topological polar surface area (TPSA) is 110 Å². The van der Waals surface area contributed by atoms with Gasteiger partial charge in [0.05, 0.1) is 10.8 Å². The Labute approximate surface area is 119 Å². The molecule has 0 saturated carbocycles. The van der Waals surface area contributed by atoms with Gasteiger partial charge in [0.25, 0.3) is 11.6 Å². The van der Waals surface area contributed by atoms with Gasteiger partial charge in [0, 0.05) is 17.6 Å². The van der Waals surface area contributed by atoms with E-state index in [1.807, 2.05) is 0 Å². The minimum atomic E-state index is -0.965. The van der Waals surface area contributed by atoms with Crippen LogP contribution in [0, 0.1) is 16.0 Å². The number of carboxylic acids is 1. The molecule has 1 aromatic rings. The van der Waals surface area contributed by atoms with E-state index in [9.17, 15) is 19.7 Å². The summed E-state index contributed by atoms with van der Waals surface area (Å²) in [4.78, 5) is 32.6. The highest BCUT2D eigenvalue weighted by molar-refractivity contribution is 6.31. The van der Waals surface area contributed by atoms with Crippen molar-refractivity contribution in [2.75, 3.05) is 6.54 Å². The van der Waals surface area contributed by atoms with Crippen LogP contribution in [0.15, 0.2) is 18.2 Å². The molecule has 1 atom stereocenters. The third kappa shape index (κ3) is 4.20. The van der Waals surface area contributed by atoms with Crippen LogP contribution in [-0.2, 0) is 4.79 Å². The van der Waals surface area contributed by atoms with Gasteiger partial charge in [-0.2, -0.15) is 0 Å². The van der Waals surface area contributed by atoms with Gasteiger partial charge in [-0.05, 0) is 18.6 Å². The largest absolute Gasteiger partial charge is 0.481 e. The number of nitro groups is 1. The third-order valence-corrected chi connectivity index (χ3v) is 2.92. The molecule has 0 spiro atoms. The summed E-state index contributed by atoms with van der Waals surface area (Å²) in [6.07, 6.45) is 0.232. The van der Waals surface area contributed by atoms with Crippen LogP contribution in [0.5, 0.6) is 0 Å². The molecule has 2 N–H and O–H groups in total. The van der Waals surface area contributed by atoms with Gasteiger partial charge in [-0.3, -0.25) is 19.7 Å². The Morgan fingerprint density at radius 3 is 2.70 bits per heavy atom. The molecule has 1 rings (SSSR count). The summed E-state index contributed by atoms with van der Waals surface area (Å²) in [7, 11) is 0. The first-order valence-corrected chi connectivity index (χ1v) is 6.15. The van der Waals surface area contributed by atoms with E-state index < -0.39 is 22.7 Å². The first kappa shape index (κ1) is 15.9. The zero-order chi connectivity index (χ0) is 15.3. The molecule has 1 aromatic carbocycles. The first-order valence-electron chi connectivity index (χ1n) is 5.78. The summed E-state index contributed by atoms with van der Waals surface area (Å²) in [6.45, 7) is 1.62. The van der Waals surface area contributed by atoms with Crippen LogP contribution in [0.25, 0.3) is 0 Å². The van der Waals surface area contributed by atoms with Gasteiger partial charge in [0.1, 0.15) is 5.56 Å². The highest BCUT2D eigenvalue weighted by atomic mass is 35.5. The molecule has 7 nitrogen and oxygen atoms in total. The van der Waals surface area contributed by atoms with Crippen LogP contribution in [0.4, 0.5) is 5.69 Å². The third-order valence-electron chi connectivity index (χ3n) is 2.68. The van der Waals surface area contributed by atoms with Crippen molar-refractivity contribution in [3.8, 4) is 0 Å². The highest BCUT2D eigenvalue weighted by Gasteiger charge is 2.20. The minimum absolute atomic E-state index is 0.107. The normalized spacial score (nSPS) is 11.7. The Hall–Kier alpha value is -2.15. The van der Waals surface area contributed by atoms with Gasteiger partial charge in [0.15, 0.2) is 0 Å². The minimum Gasteiger partial charge on any atom is -0.481 e. The van der Waals surface area contributed by atoms with Crippen LogP contribution in [0.2, 0.25) is 5.02 Å². The van der Waals surface area contributed by atoms with E-state index in [0.29, 0.717) is 0 Å². The smallest absolute Gasteiger partial charge is 0.306 e. The van der Waals surface area contributed by atoms with E-state index in [1.54, 1.807) is 0 Å². The number of halogens is 1. The van der Waals surface area contributed by atoms with Crippen molar-refractivity contribution in [1.29, 1.82) is 0 Å². The number of rotatable bonds is 6. The van der Waals surface area contributed by atoms with Gasteiger partial charge in [0.2, 0.25) is 0 Å². The predicted molar refractivity (Wildman–Crippen MR) is 71.9 cm³/mol. The summed E-state index contributed by atoms with van der Waals surface area (Å²) < 4.78 is 0. The number of carbonyl (C=O) groups excluding carboxylic acids is 1. The second-order valence-corrected chi connectivity index (χ2v) is 4.64. The quantitative estimate of drug-likeness (QED) is 0.617. The number of hydrogen-bond donors (Lipinski definition) is 2. The van der Waals surface area contributed by atoms with Crippen molar-refractivity contribution in [2.24, 2.45) is 5.92 Å². The number of nitro benzene ring substituents is 1. The Morgan fingerprint density at radius 2 is 2.15 bits per heavy atom. The molecular weight excluding hydrogens is 288 g/mol. The number of aliphatic carboxylic acids is 1. The van der Waals surface area contributed by atoms with Crippen molar-refractivity contribution in [1.82, 2.24) is 5.32 Å². The average Bonchev–Trinajstić information content (AvgIpc) is 2.37. The molecule has 0 aromatic heterocycles. The summed E-state index contributed by atoms with van der Waals surface area (Å²) in [5.74, 6) is -2.23. The molecule has 1 unspecified atom stereocenters. The van der Waals surface area contributed by atoms with E-state index >= 15 is 0 Å². The maximum absolute atomic E-state index is 11.9. The maximum Gasteiger partial charge on any atom is 0.306 e. The number of carbonyl (C=O) groups is 2. The monoisotopic (exact) mass is 300 g/mol. The van der Waals surface area contributed by atoms with Gasteiger partial charge in [-0.15, -0.1) is 0 Å². The van der Waals surface area contributed by atoms with Crippen LogP contribution < -0.4 is 5.32 Å². The Bertz CT molecular complexity index is 547. The van der Waals surface area contributed by atoms with Crippen molar-refractivity contribution in [3.63, 3.8) is 0 Å². The fourth-order valence-electron chi connectivity index (χ4n) is 1.47. The van der Waals surface area contributed by atoms with E-state index in [2.05, 4.69) is 5.32 Å². The molecule has 8 heteroatoms. The highest BCUT2D eigenvalue weighted by Crippen LogP contribution is 2.22. The van der Waals surface area contributed by atoms with Gasteiger partial charge in [-0.25, -0.2) is 0 Å². The summed E-state index contributed by atoms with van der Waals surface area (Å²) in [6, 6.07) is 3.68. The molecule has 20 heavy (non-hydrogen) atoms. The predicted octanol–water partition coefficient (Wildman–Crippen LogP) is 2.09. The lowest BCUT2D eigenvalue weighted by Gasteiger charge is -2.08. The molecule has 0 heterocycles. The fraction of sp³-hybridized carbons (Fsp3) is 0.333. The molecule has 0 fully saturated rings. The lowest BCUT2D eigenvalue weighted by molar-refractivity contribution is -0.385. The van der Waals surface area contributed by atoms with Crippen LogP contribution >= 0.6 is 11.6 Å². The second-order valence-electron chi connectivity index (χ2n) is 4.20. The summed E-state index contributed by atoms with van der Waals surface area (Å²) in [5, 5.41) is 22.2. The van der Waals surface area contributed by atoms with E-state index in [-0.39, 0.29) is 29.2 Å². The lowest BCUT2D eigenvalue weighted by Crippen LogP contribution is -2.27. The van der Waals surface area contributed by atoms with Crippen LogP contribution in [-0.4, -0.2) is 28.5 Å². The van der Waals surface area contributed by atoms with Crippen molar-refractivity contribution in [2.45, 2.75) is 13.3 Å². The SMILES string of the molecule is CC(CCNC(=O)c1cc(Cl)ccc1[N+](=O)[O-])C(=O)O. The van der Waals surface area contributed by atoms with Crippen LogP contribution in [0.1, 0.15) is 23.7 Å².